The Labute approximate surface area is 175 Å². The van der Waals surface area contributed by atoms with Gasteiger partial charge in [-0.25, -0.2) is 9.18 Å². The molecule has 0 saturated carbocycles. The zero-order chi connectivity index (χ0) is 21.3. The van der Waals surface area contributed by atoms with Crippen LogP contribution >= 0.6 is 11.3 Å². The van der Waals surface area contributed by atoms with Crippen molar-refractivity contribution in [3.63, 3.8) is 0 Å². The molecule has 152 valence electrons. The zero-order valence-corrected chi connectivity index (χ0v) is 17.1. The minimum atomic E-state index is -0.520. The van der Waals surface area contributed by atoms with Crippen LogP contribution in [0.15, 0.2) is 54.6 Å². The molecule has 8 heteroatoms. The van der Waals surface area contributed by atoms with Crippen LogP contribution in [0.4, 0.5) is 10.1 Å². The fourth-order valence-corrected chi connectivity index (χ4v) is 4.21. The Bertz CT molecular complexity index is 1240. The van der Waals surface area contributed by atoms with E-state index in [1.165, 1.54) is 30.6 Å². The van der Waals surface area contributed by atoms with E-state index in [1.807, 2.05) is 11.6 Å². The molecule has 2 aromatic heterocycles. The Morgan fingerprint density at radius 3 is 2.63 bits per heavy atom. The second-order valence-corrected chi connectivity index (χ2v) is 7.72. The van der Waals surface area contributed by atoms with Gasteiger partial charge in [-0.2, -0.15) is 5.10 Å². The van der Waals surface area contributed by atoms with Gasteiger partial charge in [-0.05, 0) is 42.8 Å². The van der Waals surface area contributed by atoms with Crippen LogP contribution in [-0.4, -0.2) is 28.8 Å². The van der Waals surface area contributed by atoms with Crippen molar-refractivity contribution in [2.24, 2.45) is 0 Å². The molecule has 0 radical (unpaired) electrons. The molecule has 6 nitrogen and oxygen atoms in total. The molecule has 4 aromatic rings. The standard InChI is InChI=1S/C22H18FN3O3S/c1-13-17-11-19(20(27)24-18-6-4-3-5-16(18)22(28)29-2)30-21(17)26(25-13)12-14-7-9-15(23)10-8-14/h3-11H,12H2,1-2H3,(H,24,27). The lowest BCUT2D eigenvalue weighted by molar-refractivity contribution is 0.0602. The van der Waals surface area contributed by atoms with Gasteiger partial charge < -0.3 is 10.1 Å². The lowest BCUT2D eigenvalue weighted by atomic mass is 10.1. The predicted molar refractivity (Wildman–Crippen MR) is 114 cm³/mol. The van der Waals surface area contributed by atoms with Crippen molar-refractivity contribution in [1.29, 1.82) is 0 Å². The summed E-state index contributed by atoms with van der Waals surface area (Å²) in [5.74, 6) is -1.13. The van der Waals surface area contributed by atoms with Crippen LogP contribution in [0.2, 0.25) is 0 Å². The third-order valence-corrected chi connectivity index (χ3v) is 5.80. The van der Waals surface area contributed by atoms with Crippen LogP contribution in [0, 0.1) is 12.7 Å². The second kappa shape index (κ2) is 8.08. The monoisotopic (exact) mass is 423 g/mol. The highest BCUT2D eigenvalue weighted by Gasteiger charge is 2.19. The number of fused-ring (bicyclic) bond motifs is 1. The number of para-hydroxylation sites is 1. The number of carbonyl (C=O) groups excluding carboxylic acids is 2. The van der Waals surface area contributed by atoms with Gasteiger partial charge in [0, 0.05) is 5.39 Å². The molecule has 0 atom stereocenters. The van der Waals surface area contributed by atoms with Gasteiger partial charge in [0.1, 0.15) is 10.6 Å². The summed E-state index contributed by atoms with van der Waals surface area (Å²) >= 11 is 1.31. The first-order valence-corrected chi connectivity index (χ1v) is 9.98. The number of hydrogen-bond donors (Lipinski definition) is 1. The number of anilines is 1. The Morgan fingerprint density at radius 2 is 1.90 bits per heavy atom. The molecule has 0 bridgehead atoms. The van der Waals surface area contributed by atoms with E-state index >= 15 is 0 Å². The highest BCUT2D eigenvalue weighted by Crippen LogP contribution is 2.30. The number of nitrogens with zero attached hydrogens (tertiary/aromatic N) is 2. The average Bonchev–Trinajstić information content (AvgIpc) is 3.31. The maximum absolute atomic E-state index is 13.2. The van der Waals surface area contributed by atoms with Gasteiger partial charge in [-0.1, -0.05) is 24.3 Å². The van der Waals surface area contributed by atoms with E-state index in [9.17, 15) is 14.0 Å². The number of halogens is 1. The van der Waals surface area contributed by atoms with Crippen molar-refractivity contribution in [2.75, 3.05) is 12.4 Å². The van der Waals surface area contributed by atoms with E-state index in [1.54, 1.807) is 42.5 Å². The fraction of sp³-hybridized carbons (Fsp3) is 0.136. The number of carbonyl (C=O) groups is 2. The highest BCUT2D eigenvalue weighted by molar-refractivity contribution is 7.20. The van der Waals surface area contributed by atoms with Gasteiger partial charge in [-0.3, -0.25) is 9.48 Å². The third kappa shape index (κ3) is 3.81. The SMILES string of the molecule is COC(=O)c1ccccc1NC(=O)c1cc2c(C)nn(Cc3ccc(F)cc3)c2s1. The number of amides is 1. The molecular weight excluding hydrogens is 405 g/mol. The average molecular weight is 423 g/mol. The number of thiophene rings is 1. The third-order valence-electron chi connectivity index (χ3n) is 4.66. The maximum atomic E-state index is 13.2. The minimum absolute atomic E-state index is 0.285. The van der Waals surface area contributed by atoms with Crippen LogP contribution in [0.5, 0.6) is 0 Å². The summed E-state index contributed by atoms with van der Waals surface area (Å²) in [6.45, 7) is 2.35. The molecule has 0 aliphatic rings. The van der Waals surface area contributed by atoms with Gasteiger partial charge in [0.05, 0.1) is 35.5 Å². The summed E-state index contributed by atoms with van der Waals surface area (Å²) < 4.78 is 19.7. The number of esters is 1. The number of benzene rings is 2. The molecule has 0 spiro atoms. The Kier molecular flexibility index (Phi) is 5.33. The predicted octanol–water partition coefficient (Wildman–Crippen LogP) is 4.63. The quantitative estimate of drug-likeness (QED) is 0.475. The van der Waals surface area contributed by atoms with E-state index in [0.717, 1.165) is 21.5 Å². The maximum Gasteiger partial charge on any atom is 0.339 e. The van der Waals surface area contributed by atoms with E-state index in [-0.39, 0.29) is 17.3 Å². The molecule has 1 amide bonds. The molecule has 0 saturated heterocycles. The second-order valence-electron chi connectivity index (χ2n) is 6.69. The molecule has 1 N–H and O–H groups in total. The molecule has 2 heterocycles. The summed E-state index contributed by atoms with van der Waals surface area (Å²) in [5.41, 5.74) is 2.38. The van der Waals surface area contributed by atoms with Crippen LogP contribution in [0.3, 0.4) is 0 Å². The van der Waals surface area contributed by atoms with E-state index in [4.69, 9.17) is 4.74 Å². The molecule has 4 rings (SSSR count). The van der Waals surface area contributed by atoms with Crippen LogP contribution in [-0.2, 0) is 11.3 Å². The lowest BCUT2D eigenvalue weighted by Crippen LogP contribution is -2.14. The summed E-state index contributed by atoms with van der Waals surface area (Å²) in [6, 6.07) is 14.7. The van der Waals surface area contributed by atoms with Gasteiger partial charge >= 0.3 is 5.97 Å². The highest BCUT2D eigenvalue weighted by atomic mass is 32.1. The number of methoxy groups -OCH3 is 1. The molecule has 0 aliphatic heterocycles. The molecule has 30 heavy (non-hydrogen) atoms. The molecule has 2 aromatic carbocycles. The number of aromatic nitrogens is 2. The Hall–Kier alpha value is -3.52. The number of ether oxygens (including phenoxy) is 1. The Morgan fingerprint density at radius 1 is 1.17 bits per heavy atom. The van der Waals surface area contributed by atoms with Crippen molar-refractivity contribution < 1.29 is 18.7 Å². The summed E-state index contributed by atoms with van der Waals surface area (Å²) in [4.78, 5) is 26.1. The topological polar surface area (TPSA) is 73.2 Å². The van der Waals surface area contributed by atoms with Crippen molar-refractivity contribution >= 4 is 39.1 Å². The first-order chi connectivity index (χ1) is 14.5. The van der Waals surface area contributed by atoms with E-state index in [0.29, 0.717) is 17.1 Å². The van der Waals surface area contributed by atoms with Gasteiger partial charge in [-0.15, -0.1) is 11.3 Å². The van der Waals surface area contributed by atoms with E-state index < -0.39 is 5.97 Å². The van der Waals surface area contributed by atoms with Crippen LogP contribution in [0.1, 0.15) is 31.3 Å². The molecule has 0 aliphatic carbocycles. The van der Waals surface area contributed by atoms with E-state index in [2.05, 4.69) is 10.4 Å². The van der Waals surface area contributed by atoms with Crippen molar-refractivity contribution in [1.82, 2.24) is 9.78 Å². The van der Waals surface area contributed by atoms with Crippen LogP contribution in [0.25, 0.3) is 10.2 Å². The smallest absolute Gasteiger partial charge is 0.339 e. The Balaban J connectivity index is 1.62. The number of aryl methyl sites for hydroxylation is 1. The summed E-state index contributed by atoms with van der Waals surface area (Å²) in [5, 5.41) is 8.21. The number of rotatable bonds is 5. The van der Waals surface area contributed by atoms with Crippen molar-refractivity contribution in [2.45, 2.75) is 13.5 Å². The normalized spacial score (nSPS) is 10.9. The minimum Gasteiger partial charge on any atom is -0.465 e. The fourth-order valence-electron chi connectivity index (χ4n) is 3.16. The van der Waals surface area contributed by atoms with Gasteiger partial charge in [0.15, 0.2) is 0 Å². The van der Waals surface area contributed by atoms with Gasteiger partial charge in [0.25, 0.3) is 5.91 Å². The van der Waals surface area contributed by atoms with Crippen molar-refractivity contribution in [3.8, 4) is 0 Å². The number of nitrogens with one attached hydrogen (secondary N) is 1. The zero-order valence-electron chi connectivity index (χ0n) is 16.3. The largest absolute Gasteiger partial charge is 0.465 e. The first-order valence-electron chi connectivity index (χ1n) is 9.16. The molecular formula is C22H18FN3O3S. The molecule has 0 fully saturated rings. The lowest BCUT2D eigenvalue weighted by Gasteiger charge is -2.08. The number of hydrogen-bond acceptors (Lipinski definition) is 5. The summed E-state index contributed by atoms with van der Waals surface area (Å²) in [7, 11) is 1.29. The van der Waals surface area contributed by atoms with Crippen LogP contribution < -0.4 is 5.32 Å². The summed E-state index contributed by atoms with van der Waals surface area (Å²) in [6.07, 6.45) is 0. The molecule has 0 unspecified atom stereocenters. The first kappa shape index (κ1) is 19.8. The van der Waals surface area contributed by atoms with Crippen molar-refractivity contribution in [3.05, 3.63) is 82.1 Å². The van der Waals surface area contributed by atoms with Gasteiger partial charge in [0.2, 0.25) is 0 Å².